The molecule has 0 saturated carbocycles. The number of amides is 2. The Hall–Kier alpha value is -3.45. The number of aliphatic hydroxyl groups excluding tert-OH is 1. The molecule has 2 fully saturated rings. The van der Waals surface area contributed by atoms with Crippen LogP contribution in [0.15, 0.2) is 36.4 Å². The van der Waals surface area contributed by atoms with Crippen molar-refractivity contribution in [1.29, 1.82) is 5.26 Å². The summed E-state index contributed by atoms with van der Waals surface area (Å²) in [7, 11) is 0. The van der Waals surface area contributed by atoms with Gasteiger partial charge >= 0.3 is 5.92 Å². The fourth-order valence-corrected chi connectivity index (χ4v) is 4.56. The predicted octanol–water partition coefficient (Wildman–Crippen LogP) is 3.69. The van der Waals surface area contributed by atoms with Crippen molar-refractivity contribution in [3.8, 4) is 6.07 Å². The molecule has 0 aromatic heterocycles. The van der Waals surface area contributed by atoms with E-state index in [0.29, 0.717) is 25.0 Å². The lowest BCUT2D eigenvalue weighted by atomic mass is 9.96. The van der Waals surface area contributed by atoms with Gasteiger partial charge in [-0.3, -0.25) is 9.59 Å². The molecule has 2 amide bonds. The van der Waals surface area contributed by atoms with E-state index >= 15 is 8.78 Å². The zero-order valence-electron chi connectivity index (χ0n) is 17.2. The van der Waals surface area contributed by atoms with Crippen LogP contribution < -0.4 is 5.32 Å². The van der Waals surface area contributed by atoms with E-state index in [2.05, 4.69) is 5.32 Å². The second kappa shape index (κ2) is 8.48. The molecule has 2 atom stereocenters. The minimum absolute atomic E-state index is 0.0371. The van der Waals surface area contributed by atoms with Crippen LogP contribution in [0, 0.1) is 23.0 Å². The number of nitrogens with zero attached hydrogens (tertiary/aromatic N) is 2. The third kappa shape index (κ3) is 4.16. The zero-order valence-corrected chi connectivity index (χ0v) is 17.2. The van der Waals surface area contributed by atoms with Crippen LogP contribution in [0.5, 0.6) is 0 Å². The first-order valence-electron chi connectivity index (χ1n) is 10.3. The average molecular weight is 461 g/mol. The number of fused-ring (bicyclic) bond motifs is 2. The number of piperidine rings is 1. The molecule has 2 heterocycles. The maximum absolute atomic E-state index is 15.2. The van der Waals surface area contributed by atoms with E-state index in [4.69, 9.17) is 5.26 Å². The monoisotopic (exact) mass is 461 g/mol. The summed E-state index contributed by atoms with van der Waals surface area (Å²) in [5, 5.41) is 21.1. The van der Waals surface area contributed by atoms with Crippen LogP contribution in [-0.4, -0.2) is 40.0 Å². The summed E-state index contributed by atoms with van der Waals surface area (Å²) in [5.74, 6) is -8.83. The summed E-state index contributed by atoms with van der Waals surface area (Å²) in [6.45, 7) is 0. The molecule has 0 spiro atoms. The van der Waals surface area contributed by atoms with Crippen LogP contribution in [0.2, 0.25) is 0 Å². The number of benzene rings is 2. The van der Waals surface area contributed by atoms with E-state index < -0.39 is 53.1 Å². The first kappa shape index (κ1) is 22.7. The standard InChI is InChI=1S/C23H19F4N3O3/c24-19-6-2-14(7-13(19)11-28)29-21(32)12-1-5-20(25)18(8-12)23(26,27)22(33)30-15-3-4-16(30)10-17(31)9-15/h1-2,5-8,15-17,31H,3-4,9-10H2,(H,29,32). The average Bonchev–Trinajstić information content (AvgIpc) is 3.05. The highest BCUT2D eigenvalue weighted by atomic mass is 19.3. The lowest BCUT2D eigenvalue weighted by Crippen LogP contribution is -2.53. The second-order valence-electron chi connectivity index (χ2n) is 8.25. The minimum Gasteiger partial charge on any atom is -0.393 e. The molecule has 10 heteroatoms. The smallest absolute Gasteiger partial charge is 0.352 e. The van der Waals surface area contributed by atoms with Gasteiger partial charge in [-0.15, -0.1) is 0 Å². The normalized spacial score (nSPS) is 22.1. The first-order valence-corrected chi connectivity index (χ1v) is 10.3. The van der Waals surface area contributed by atoms with Crippen molar-refractivity contribution in [1.82, 2.24) is 4.90 Å². The van der Waals surface area contributed by atoms with Crippen LogP contribution >= 0.6 is 0 Å². The summed E-state index contributed by atoms with van der Waals surface area (Å²) in [5.41, 5.74) is -1.87. The van der Waals surface area contributed by atoms with Gasteiger partial charge in [0.25, 0.3) is 11.8 Å². The number of alkyl halides is 2. The highest BCUT2D eigenvalue weighted by Gasteiger charge is 2.53. The fraction of sp³-hybridized carbons (Fsp3) is 0.348. The molecule has 2 aromatic rings. The number of anilines is 1. The molecule has 2 unspecified atom stereocenters. The Bertz CT molecular complexity index is 1150. The Morgan fingerprint density at radius 3 is 2.33 bits per heavy atom. The van der Waals surface area contributed by atoms with Gasteiger partial charge in [0.2, 0.25) is 0 Å². The van der Waals surface area contributed by atoms with E-state index in [-0.39, 0.29) is 29.7 Å². The molecule has 2 aliphatic rings. The number of halogens is 4. The van der Waals surface area contributed by atoms with Gasteiger partial charge in [0, 0.05) is 23.3 Å². The van der Waals surface area contributed by atoms with Crippen LogP contribution in [0.1, 0.15) is 47.2 Å². The van der Waals surface area contributed by atoms with Gasteiger partial charge in [0.05, 0.1) is 17.2 Å². The number of aliphatic hydroxyl groups is 1. The summed E-state index contributed by atoms with van der Waals surface area (Å²) in [6, 6.07) is 5.99. The van der Waals surface area contributed by atoms with Gasteiger partial charge in [0.1, 0.15) is 17.7 Å². The SMILES string of the molecule is N#Cc1cc(NC(=O)c2ccc(F)c(C(F)(F)C(=O)N3C4CCC3CC(O)C4)c2)ccc1F. The molecular weight excluding hydrogens is 442 g/mol. The lowest BCUT2D eigenvalue weighted by molar-refractivity contribution is -0.166. The predicted molar refractivity (Wildman–Crippen MR) is 108 cm³/mol. The third-order valence-electron chi connectivity index (χ3n) is 6.12. The molecule has 2 bridgehead atoms. The highest BCUT2D eigenvalue weighted by molar-refractivity contribution is 6.04. The van der Waals surface area contributed by atoms with Crippen molar-refractivity contribution in [3.05, 3.63) is 64.7 Å². The number of nitriles is 1. The molecule has 0 radical (unpaired) electrons. The molecular formula is C23H19F4N3O3. The molecule has 6 nitrogen and oxygen atoms in total. The van der Waals surface area contributed by atoms with Crippen molar-refractivity contribution < 1.29 is 32.3 Å². The van der Waals surface area contributed by atoms with Gasteiger partial charge in [-0.05, 0) is 62.1 Å². The molecule has 4 rings (SSSR count). The number of carbonyl (C=O) groups is 2. The van der Waals surface area contributed by atoms with E-state index in [1.54, 1.807) is 6.07 Å². The Morgan fingerprint density at radius 1 is 1.06 bits per heavy atom. The number of hydrogen-bond acceptors (Lipinski definition) is 4. The van der Waals surface area contributed by atoms with Crippen molar-refractivity contribution in [2.75, 3.05) is 5.32 Å². The molecule has 2 N–H and O–H groups in total. The van der Waals surface area contributed by atoms with E-state index in [1.165, 1.54) is 6.07 Å². The van der Waals surface area contributed by atoms with Crippen molar-refractivity contribution in [3.63, 3.8) is 0 Å². The van der Waals surface area contributed by atoms with Crippen molar-refractivity contribution in [2.45, 2.75) is 49.8 Å². The van der Waals surface area contributed by atoms with Crippen molar-refractivity contribution >= 4 is 17.5 Å². The lowest BCUT2D eigenvalue weighted by Gasteiger charge is -2.39. The summed E-state index contributed by atoms with van der Waals surface area (Å²) >= 11 is 0. The summed E-state index contributed by atoms with van der Waals surface area (Å²) in [4.78, 5) is 26.4. The maximum Gasteiger partial charge on any atom is 0.352 e. The highest BCUT2D eigenvalue weighted by Crippen LogP contribution is 2.41. The zero-order chi connectivity index (χ0) is 23.9. The van der Waals surface area contributed by atoms with Crippen LogP contribution in [0.4, 0.5) is 23.2 Å². The van der Waals surface area contributed by atoms with Gasteiger partial charge in [0.15, 0.2) is 0 Å². The van der Waals surface area contributed by atoms with E-state index in [1.807, 2.05) is 0 Å². The van der Waals surface area contributed by atoms with E-state index in [0.717, 1.165) is 23.1 Å². The molecule has 172 valence electrons. The molecule has 2 aliphatic heterocycles. The largest absolute Gasteiger partial charge is 0.393 e. The van der Waals surface area contributed by atoms with Gasteiger partial charge in [-0.2, -0.15) is 14.0 Å². The minimum atomic E-state index is -4.23. The fourth-order valence-electron chi connectivity index (χ4n) is 4.56. The molecule has 0 aliphatic carbocycles. The number of carbonyl (C=O) groups excluding carboxylic acids is 2. The molecule has 2 saturated heterocycles. The summed E-state index contributed by atoms with van der Waals surface area (Å²) < 4.78 is 58.2. The van der Waals surface area contributed by atoms with Crippen molar-refractivity contribution in [2.24, 2.45) is 0 Å². The van der Waals surface area contributed by atoms with Gasteiger partial charge in [-0.25, -0.2) is 8.78 Å². The van der Waals surface area contributed by atoms with Crippen LogP contribution in [-0.2, 0) is 10.7 Å². The summed E-state index contributed by atoms with van der Waals surface area (Å²) in [6.07, 6.45) is 0.669. The molecule has 2 aromatic carbocycles. The topological polar surface area (TPSA) is 93.4 Å². The van der Waals surface area contributed by atoms with Gasteiger partial charge < -0.3 is 15.3 Å². The number of nitrogens with one attached hydrogen (secondary N) is 1. The second-order valence-corrected chi connectivity index (χ2v) is 8.25. The number of rotatable bonds is 4. The molecule has 33 heavy (non-hydrogen) atoms. The van der Waals surface area contributed by atoms with Crippen LogP contribution in [0.25, 0.3) is 0 Å². The third-order valence-corrected chi connectivity index (χ3v) is 6.12. The quantitative estimate of drug-likeness (QED) is 0.680. The number of hydrogen-bond donors (Lipinski definition) is 2. The van der Waals surface area contributed by atoms with Gasteiger partial charge in [-0.1, -0.05) is 0 Å². The Kier molecular flexibility index (Phi) is 5.84. The first-order chi connectivity index (χ1) is 15.6. The van der Waals surface area contributed by atoms with E-state index in [9.17, 15) is 23.5 Å². The Labute approximate surface area is 186 Å². The van der Waals surface area contributed by atoms with Crippen LogP contribution in [0.3, 0.4) is 0 Å². The Balaban J connectivity index is 1.59. The maximum atomic E-state index is 15.2. The Morgan fingerprint density at radius 2 is 1.70 bits per heavy atom.